The van der Waals surface area contributed by atoms with E-state index in [4.69, 9.17) is 5.73 Å². The van der Waals surface area contributed by atoms with E-state index in [1.54, 1.807) is 4.90 Å². The number of hydrogen-bond donors (Lipinski definition) is 1. The lowest BCUT2D eigenvalue weighted by Crippen LogP contribution is -2.48. The van der Waals surface area contributed by atoms with Crippen LogP contribution in [0.1, 0.15) is 11.1 Å². The van der Waals surface area contributed by atoms with Crippen molar-refractivity contribution in [3.8, 4) is 0 Å². The number of benzene rings is 1. The second-order valence-electron chi connectivity index (χ2n) is 4.56. The fraction of sp³-hybridized carbons (Fsp3) is 0.462. The Bertz CT molecular complexity index is 431. The maximum absolute atomic E-state index is 11.7. The zero-order valence-corrected chi connectivity index (χ0v) is 10.4. The average Bonchev–Trinajstić information content (AvgIpc) is 2.32. The minimum absolute atomic E-state index is 0.179. The summed E-state index contributed by atoms with van der Waals surface area (Å²) in [5.74, 6) is 0.179. The van der Waals surface area contributed by atoms with Gasteiger partial charge < -0.3 is 15.5 Å². The van der Waals surface area contributed by atoms with Crippen LogP contribution in [0.2, 0.25) is 0 Å². The Kier molecular flexibility index (Phi) is 3.33. The highest BCUT2D eigenvalue weighted by Crippen LogP contribution is 2.22. The smallest absolute Gasteiger partial charge is 0.241 e. The summed E-state index contributed by atoms with van der Waals surface area (Å²) in [6.07, 6.45) is 0. The van der Waals surface area contributed by atoms with Gasteiger partial charge in [0, 0.05) is 32.4 Å². The predicted molar refractivity (Wildman–Crippen MR) is 68.9 cm³/mol. The quantitative estimate of drug-likeness (QED) is 0.819. The number of nitrogens with two attached hydrogens (primary N) is 1. The number of carbonyl (C=O) groups is 1. The van der Waals surface area contributed by atoms with Crippen LogP contribution in [-0.4, -0.2) is 37.5 Å². The van der Waals surface area contributed by atoms with Gasteiger partial charge in [-0.3, -0.25) is 4.79 Å². The van der Waals surface area contributed by atoms with Crippen LogP contribution in [0, 0.1) is 6.92 Å². The van der Waals surface area contributed by atoms with Crippen molar-refractivity contribution < 1.29 is 4.79 Å². The Morgan fingerprint density at radius 1 is 1.35 bits per heavy atom. The average molecular weight is 233 g/mol. The molecule has 0 spiro atoms. The molecule has 2 N–H and O–H groups in total. The van der Waals surface area contributed by atoms with Crippen LogP contribution in [0.25, 0.3) is 0 Å². The van der Waals surface area contributed by atoms with Crippen LogP contribution in [0.4, 0.5) is 5.69 Å². The number of aryl methyl sites for hydroxylation is 1. The maximum atomic E-state index is 11.7. The second kappa shape index (κ2) is 4.75. The molecular weight excluding hydrogens is 214 g/mol. The van der Waals surface area contributed by atoms with Crippen molar-refractivity contribution in [3.05, 3.63) is 29.3 Å². The van der Waals surface area contributed by atoms with Gasteiger partial charge in [0.2, 0.25) is 5.91 Å². The number of hydrogen-bond acceptors (Lipinski definition) is 3. The minimum Gasteiger partial charge on any atom is -0.360 e. The van der Waals surface area contributed by atoms with E-state index in [9.17, 15) is 4.79 Å². The molecule has 0 saturated carbocycles. The molecule has 0 radical (unpaired) electrons. The number of likely N-dealkylation sites (N-methyl/N-ethyl adjacent to an activating group) is 1. The summed E-state index contributed by atoms with van der Waals surface area (Å²) in [5.41, 5.74) is 9.07. The molecule has 0 bridgehead atoms. The third kappa shape index (κ3) is 2.42. The van der Waals surface area contributed by atoms with Gasteiger partial charge in [-0.1, -0.05) is 12.1 Å². The number of amides is 1. The summed E-state index contributed by atoms with van der Waals surface area (Å²) in [4.78, 5) is 15.6. The summed E-state index contributed by atoms with van der Waals surface area (Å²) < 4.78 is 0. The highest BCUT2D eigenvalue weighted by atomic mass is 16.2. The van der Waals surface area contributed by atoms with Crippen molar-refractivity contribution >= 4 is 11.6 Å². The fourth-order valence-electron chi connectivity index (χ4n) is 2.16. The number of carbonyl (C=O) groups excluding carboxylic acids is 1. The van der Waals surface area contributed by atoms with E-state index < -0.39 is 0 Å². The predicted octanol–water partition coefficient (Wildman–Crippen LogP) is 0.732. The summed E-state index contributed by atoms with van der Waals surface area (Å²) in [6.45, 7) is 4.78. The van der Waals surface area contributed by atoms with E-state index >= 15 is 0 Å². The summed E-state index contributed by atoms with van der Waals surface area (Å²) in [7, 11) is 1.85. The fourth-order valence-corrected chi connectivity index (χ4v) is 2.16. The van der Waals surface area contributed by atoms with E-state index in [0.29, 0.717) is 13.1 Å². The molecule has 1 amide bonds. The molecule has 1 aromatic carbocycles. The lowest BCUT2D eigenvalue weighted by Gasteiger charge is -2.34. The Morgan fingerprint density at radius 2 is 2.12 bits per heavy atom. The maximum Gasteiger partial charge on any atom is 0.241 e. The molecule has 1 heterocycles. The molecule has 1 aromatic rings. The van der Waals surface area contributed by atoms with Crippen molar-refractivity contribution in [2.75, 3.05) is 31.6 Å². The Labute approximate surface area is 102 Å². The number of piperazine rings is 1. The summed E-state index contributed by atoms with van der Waals surface area (Å²) >= 11 is 0. The lowest BCUT2D eigenvalue weighted by atomic mass is 10.1. The standard InChI is InChI=1S/C13H19N3O/c1-10-7-11(8-14)3-4-12(10)16-6-5-15(2)13(17)9-16/h3-4,7H,5-6,8-9,14H2,1-2H3. The number of rotatable bonds is 2. The van der Waals surface area contributed by atoms with Crippen LogP contribution in [-0.2, 0) is 11.3 Å². The van der Waals surface area contributed by atoms with E-state index in [1.165, 1.54) is 5.56 Å². The lowest BCUT2D eigenvalue weighted by molar-refractivity contribution is -0.129. The molecule has 92 valence electrons. The van der Waals surface area contributed by atoms with Crippen LogP contribution < -0.4 is 10.6 Å². The molecule has 1 fully saturated rings. The molecule has 4 heteroatoms. The molecule has 1 aliphatic rings. The molecule has 0 aromatic heterocycles. The van der Waals surface area contributed by atoms with Crippen molar-refractivity contribution in [2.45, 2.75) is 13.5 Å². The van der Waals surface area contributed by atoms with Gasteiger partial charge in [-0.05, 0) is 24.1 Å². The third-order valence-electron chi connectivity index (χ3n) is 3.29. The second-order valence-corrected chi connectivity index (χ2v) is 4.56. The van der Waals surface area contributed by atoms with Gasteiger partial charge in [-0.2, -0.15) is 0 Å². The Hall–Kier alpha value is -1.55. The van der Waals surface area contributed by atoms with Gasteiger partial charge >= 0.3 is 0 Å². The highest BCUT2D eigenvalue weighted by molar-refractivity contribution is 5.83. The topological polar surface area (TPSA) is 49.6 Å². The molecule has 4 nitrogen and oxygen atoms in total. The van der Waals surface area contributed by atoms with Crippen molar-refractivity contribution in [1.82, 2.24) is 4.90 Å². The van der Waals surface area contributed by atoms with Gasteiger partial charge in [0.15, 0.2) is 0 Å². The van der Waals surface area contributed by atoms with Gasteiger partial charge in [-0.25, -0.2) is 0 Å². The minimum atomic E-state index is 0.179. The molecule has 1 saturated heterocycles. The Morgan fingerprint density at radius 3 is 2.71 bits per heavy atom. The first kappa shape index (κ1) is 11.9. The monoisotopic (exact) mass is 233 g/mol. The molecule has 0 unspecified atom stereocenters. The van der Waals surface area contributed by atoms with Gasteiger partial charge in [-0.15, -0.1) is 0 Å². The van der Waals surface area contributed by atoms with E-state index in [-0.39, 0.29) is 5.91 Å². The molecule has 17 heavy (non-hydrogen) atoms. The number of nitrogens with zero attached hydrogens (tertiary/aromatic N) is 2. The van der Waals surface area contributed by atoms with E-state index in [0.717, 1.165) is 24.3 Å². The van der Waals surface area contributed by atoms with Gasteiger partial charge in [0.25, 0.3) is 0 Å². The highest BCUT2D eigenvalue weighted by Gasteiger charge is 2.21. The zero-order chi connectivity index (χ0) is 12.4. The van der Waals surface area contributed by atoms with Gasteiger partial charge in [0.05, 0.1) is 6.54 Å². The normalized spacial score (nSPS) is 16.5. The molecule has 0 aliphatic carbocycles. The van der Waals surface area contributed by atoms with Crippen LogP contribution >= 0.6 is 0 Å². The molecule has 1 aliphatic heterocycles. The van der Waals surface area contributed by atoms with Crippen LogP contribution in [0.5, 0.6) is 0 Å². The first-order valence-corrected chi connectivity index (χ1v) is 5.90. The van der Waals surface area contributed by atoms with Gasteiger partial charge in [0.1, 0.15) is 0 Å². The van der Waals surface area contributed by atoms with Crippen molar-refractivity contribution in [2.24, 2.45) is 5.73 Å². The SMILES string of the molecule is Cc1cc(CN)ccc1N1CCN(C)C(=O)C1. The molecular formula is C13H19N3O. The molecule has 0 atom stereocenters. The largest absolute Gasteiger partial charge is 0.360 e. The number of anilines is 1. The first-order valence-electron chi connectivity index (χ1n) is 5.90. The van der Waals surface area contributed by atoms with E-state index in [1.807, 2.05) is 13.1 Å². The molecule has 2 rings (SSSR count). The van der Waals surface area contributed by atoms with Crippen LogP contribution in [0.3, 0.4) is 0 Å². The van der Waals surface area contributed by atoms with Crippen molar-refractivity contribution in [1.29, 1.82) is 0 Å². The first-order chi connectivity index (χ1) is 8.11. The summed E-state index contributed by atoms with van der Waals surface area (Å²) in [5, 5.41) is 0. The summed E-state index contributed by atoms with van der Waals surface area (Å²) in [6, 6.07) is 6.19. The van der Waals surface area contributed by atoms with Crippen molar-refractivity contribution in [3.63, 3.8) is 0 Å². The Balaban J connectivity index is 2.20. The van der Waals surface area contributed by atoms with E-state index in [2.05, 4.69) is 24.0 Å². The van der Waals surface area contributed by atoms with Crippen LogP contribution in [0.15, 0.2) is 18.2 Å². The third-order valence-corrected chi connectivity index (χ3v) is 3.29. The zero-order valence-electron chi connectivity index (χ0n) is 10.4.